The third-order valence-electron chi connectivity index (χ3n) is 8.78. The molecule has 4 nitrogen and oxygen atoms in total. The van der Waals surface area contributed by atoms with Crippen LogP contribution in [0.15, 0.2) is 54.6 Å². The molecule has 2 aromatic carbocycles. The summed E-state index contributed by atoms with van der Waals surface area (Å²) in [5, 5.41) is 13.2. The molecule has 0 radical (unpaired) electrons. The lowest BCUT2D eigenvalue weighted by Gasteiger charge is -2.33. The Balaban J connectivity index is 1.10. The Morgan fingerprint density at radius 2 is 1.69 bits per heavy atom. The van der Waals surface area contributed by atoms with E-state index in [9.17, 15) is 9.90 Å². The molecule has 1 saturated heterocycles. The van der Waals surface area contributed by atoms with Crippen molar-refractivity contribution in [2.45, 2.75) is 76.4 Å². The van der Waals surface area contributed by atoms with Gasteiger partial charge in [-0.2, -0.15) is 0 Å². The number of likely N-dealkylation sites (tertiary alicyclic amines) is 1. The molecule has 3 aliphatic rings. The minimum atomic E-state index is -0.972. The van der Waals surface area contributed by atoms with Crippen molar-refractivity contribution in [3.05, 3.63) is 71.3 Å². The minimum Gasteiger partial charge on any atom is -0.378 e. The van der Waals surface area contributed by atoms with Gasteiger partial charge in [-0.15, -0.1) is 0 Å². The molecule has 2 saturated carbocycles. The maximum absolute atomic E-state index is 13.2. The standard InChI is InChI=1S/C32H40N2O2/c1-30(2,36)17-14-25-10-12-26(13-11-25)23-34-20-18-31(19-21-34)22-28(31)29(35)33-24-32(15-6-7-16-32)27-8-4-3-5-9-27/h3-5,8-13,28,36H,6-7,15-16,18-24H2,1-2H3,(H,33,35). The smallest absolute Gasteiger partial charge is 0.223 e. The molecule has 2 aromatic rings. The normalized spacial score (nSPS) is 22.6. The summed E-state index contributed by atoms with van der Waals surface area (Å²) in [6, 6.07) is 19.2. The first-order chi connectivity index (χ1) is 17.3. The van der Waals surface area contributed by atoms with E-state index in [2.05, 4.69) is 64.5 Å². The lowest BCUT2D eigenvalue weighted by atomic mass is 9.78. The summed E-state index contributed by atoms with van der Waals surface area (Å²) >= 11 is 0. The monoisotopic (exact) mass is 484 g/mol. The number of amides is 1. The second-order valence-electron chi connectivity index (χ2n) is 12.0. The van der Waals surface area contributed by atoms with Crippen LogP contribution in [0.5, 0.6) is 0 Å². The molecule has 1 heterocycles. The van der Waals surface area contributed by atoms with Crippen LogP contribution in [0.1, 0.15) is 75.5 Å². The van der Waals surface area contributed by atoms with E-state index in [0.29, 0.717) is 0 Å². The molecule has 1 unspecified atom stereocenters. The molecule has 1 spiro atoms. The van der Waals surface area contributed by atoms with Crippen molar-refractivity contribution in [2.75, 3.05) is 19.6 Å². The van der Waals surface area contributed by atoms with Crippen molar-refractivity contribution < 1.29 is 9.90 Å². The van der Waals surface area contributed by atoms with Crippen molar-refractivity contribution in [3.63, 3.8) is 0 Å². The van der Waals surface area contributed by atoms with Crippen LogP contribution in [0.25, 0.3) is 0 Å². The maximum Gasteiger partial charge on any atom is 0.223 e. The number of hydrogen-bond donors (Lipinski definition) is 2. The molecule has 190 valence electrons. The summed E-state index contributed by atoms with van der Waals surface area (Å²) in [4.78, 5) is 15.7. The zero-order valence-corrected chi connectivity index (χ0v) is 21.9. The van der Waals surface area contributed by atoms with Gasteiger partial charge in [-0.3, -0.25) is 9.69 Å². The van der Waals surface area contributed by atoms with Crippen LogP contribution >= 0.6 is 0 Å². The van der Waals surface area contributed by atoms with Gasteiger partial charge in [0.1, 0.15) is 5.60 Å². The third-order valence-corrected chi connectivity index (χ3v) is 8.78. The first kappa shape index (κ1) is 25.1. The van der Waals surface area contributed by atoms with Crippen LogP contribution in [-0.4, -0.2) is 41.1 Å². The van der Waals surface area contributed by atoms with Gasteiger partial charge in [0.05, 0.1) is 0 Å². The Labute approximate surface area is 216 Å². The van der Waals surface area contributed by atoms with Crippen molar-refractivity contribution in [3.8, 4) is 11.8 Å². The van der Waals surface area contributed by atoms with Gasteiger partial charge >= 0.3 is 0 Å². The number of carbonyl (C=O) groups excluding carboxylic acids is 1. The van der Waals surface area contributed by atoms with Crippen LogP contribution in [0.2, 0.25) is 0 Å². The summed E-state index contributed by atoms with van der Waals surface area (Å²) < 4.78 is 0. The largest absolute Gasteiger partial charge is 0.378 e. The predicted molar refractivity (Wildman–Crippen MR) is 144 cm³/mol. The average Bonchev–Trinajstić information content (AvgIpc) is 3.35. The molecule has 4 heteroatoms. The molecule has 0 bridgehead atoms. The van der Waals surface area contributed by atoms with E-state index >= 15 is 0 Å². The van der Waals surface area contributed by atoms with Crippen LogP contribution < -0.4 is 5.32 Å². The highest BCUT2D eigenvalue weighted by molar-refractivity contribution is 5.82. The third kappa shape index (κ3) is 5.69. The van der Waals surface area contributed by atoms with Crippen LogP contribution in [-0.2, 0) is 16.8 Å². The van der Waals surface area contributed by atoms with E-state index in [0.717, 1.165) is 51.0 Å². The summed E-state index contributed by atoms with van der Waals surface area (Å²) in [7, 11) is 0. The van der Waals surface area contributed by atoms with Crippen LogP contribution in [0.3, 0.4) is 0 Å². The van der Waals surface area contributed by atoms with Crippen molar-refractivity contribution in [2.24, 2.45) is 11.3 Å². The van der Waals surface area contributed by atoms with Gasteiger partial charge in [0.15, 0.2) is 0 Å². The molecular weight excluding hydrogens is 444 g/mol. The van der Waals surface area contributed by atoms with Gasteiger partial charge in [0.25, 0.3) is 0 Å². The fraction of sp³-hybridized carbons (Fsp3) is 0.531. The Hall–Kier alpha value is -2.61. The van der Waals surface area contributed by atoms with Gasteiger partial charge in [0.2, 0.25) is 5.91 Å². The molecule has 1 atom stereocenters. The molecular formula is C32H40N2O2. The topological polar surface area (TPSA) is 52.6 Å². The quantitative estimate of drug-likeness (QED) is 0.565. The number of piperidine rings is 1. The number of nitrogens with one attached hydrogen (secondary N) is 1. The number of hydrogen-bond acceptors (Lipinski definition) is 3. The van der Waals surface area contributed by atoms with Gasteiger partial charge in [0, 0.05) is 30.0 Å². The number of rotatable bonds is 6. The van der Waals surface area contributed by atoms with Gasteiger partial charge in [-0.05, 0) is 87.7 Å². The van der Waals surface area contributed by atoms with Crippen molar-refractivity contribution in [1.82, 2.24) is 10.2 Å². The van der Waals surface area contributed by atoms with E-state index in [-0.39, 0.29) is 22.7 Å². The first-order valence-corrected chi connectivity index (χ1v) is 13.7. The molecule has 1 aliphatic heterocycles. The Morgan fingerprint density at radius 3 is 2.33 bits per heavy atom. The first-order valence-electron chi connectivity index (χ1n) is 13.7. The highest BCUT2D eigenvalue weighted by atomic mass is 16.3. The number of nitrogens with zero attached hydrogens (tertiary/aromatic N) is 1. The van der Waals surface area contributed by atoms with Crippen LogP contribution in [0, 0.1) is 23.2 Å². The van der Waals surface area contributed by atoms with E-state index < -0.39 is 5.60 Å². The van der Waals surface area contributed by atoms with Gasteiger partial charge in [-0.1, -0.05) is 67.1 Å². The van der Waals surface area contributed by atoms with Crippen LogP contribution in [0.4, 0.5) is 0 Å². The minimum absolute atomic E-state index is 0.123. The summed E-state index contributed by atoms with van der Waals surface area (Å²) in [5.41, 5.74) is 2.98. The summed E-state index contributed by atoms with van der Waals surface area (Å²) in [6.45, 7) is 7.22. The highest BCUT2D eigenvalue weighted by Gasteiger charge is 2.58. The van der Waals surface area contributed by atoms with Gasteiger partial charge < -0.3 is 10.4 Å². The fourth-order valence-corrected chi connectivity index (χ4v) is 6.39. The Bertz CT molecular complexity index is 1110. The predicted octanol–water partition coefficient (Wildman–Crippen LogP) is 5.04. The zero-order chi connectivity index (χ0) is 25.2. The van der Waals surface area contributed by atoms with E-state index in [4.69, 9.17) is 0 Å². The van der Waals surface area contributed by atoms with Gasteiger partial charge in [-0.25, -0.2) is 0 Å². The molecule has 36 heavy (non-hydrogen) atoms. The second-order valence-corrected chi connectivity index (χ2v) is 12.0. The lowest BCUT2D eigenvalue weighted by molar-refractivity contribution is -0.123. The Morgan fingerprint density at radius 1 is 1.03 bits per heavy atom. The molecule has 2 N–H and O–H groups in total. The van der Waals surface area contributed by atoms with Crippen molar-refractivity contribution in [1.29, 1.82) is 0 Å². The molecule has 0 aromatic heterocycles. The summed E-state index contributed by atoms with van der Waals surface area (Å²) in [6.07, 6.45) is 8.15. The number of aliphatic hydroxyl groups is 1. The number of benzene rings is 2. The second kappa shape index (κ2) is 10.0. The van der Waals surface area contributed by atoms with E-state index in [1.807, 2.05) is 12.1 Å². The van der Waals surface area contributed by atoms with E-state index in [1.165, 1.54) is 36.8 Å². The fourth-order valence-electron chi connectivity index (χ4n) is 6.39. The lowest BCUT2D eigenvalue weighted by Crippen LogP contribution is -2.41. The SMILES string of the molecule is CC(C)(O)C#Cc1ccc(CN2CCC3(CC2)CC3C(=O)NCC2(c3ccccc3)CCCC2)cc1. The van der Waals surface area contributed by atoms with E-state index in [1.54, 1.807) is 13.8 Å². The maximum atomic E-state index is 13.2. The summed E-state index contributed by atoms with van der Waals surface area (Å²) in [5.74, 6) is 6.39. The molecule has 5 rings (SSSR count). The van der Waals surface area contributed by atoms with Crippen molar-refractivity contribution >= 4 is 5.91 Å². The zero-order valence-electron chi connectivity index (χ0n) is 21.9. The molecule has 2 aliphatic carbocycles. The highest BCUT2D eigenvalue weighted by Crippen LogP contribution is 2.59. The Kier molecular flexibility index (Phi) is 6.99. The molecule has 1 amide bonds. The number of carbonyl (C=O) groups is 1. The average molecular weight is 485 g/mol. The molecule has 3 fully saturated rings.